The number of rotatable bonds is 6. The quantitative estimate of drug-likeness (QED) is 0.517. The van der Waals surface area contributed by atoms with E-state index in [9.17, 15) is 4.79 Å². The molecular weight excluding hydrogens is 421 g/mol. The predicted octanol–water partition coefficient (Wildman–Crippen LogP) is 5.43. The van der Waals surface area contributed by atoms with Gasteiger partial charge in [0.05, 0.1) is 23.6 Å². The third-order valence-corrected chi connectivity index (χ3v) is 5.46. The van der Waals surface area contributed by atoms with Crippen molar-refractivity contribution in [1.82, 2.24) is 15.1 Å². The summed E-state index contributed by atoms with van der Waals surface area (Å²) in [4.78, 5) is 14.7. The summed E-state index contributed by atoms with van der Waals surface area (Å²) in [7, 11) is 0. The Morgan fingerprint density at radius 1 is 1.07 bits per heavy atom. The van der Waals surface area contributed by atoms with Crippen LogP contribution in [0.3, 0.4) is 0 Å². The van der Waals surface area contributed by atoms with Gasteiger partial charge in [-0.05, 0) is 42.7 Å². The molecule has 144 valence electrons. The molecule has 0 aliphatic heterocycles. The number of amides is 1. The molecule has 1 amide bonds. The van der Waals surface area contributed by atoms with Gasteiger partial charge >= 0.3 is 0 Å². The molecule has 1 heterocycles. The minimum absolute atomic E-state index is 0.0378. The molecule has 1 aliphatic carbocycles. The summed E-state index contributed by atoms with van der Waals surface area (Å²) in [6.45, 7) is 0.256. The molecule has 0 unspecified atom stereocenters. The van der Waals surface area contributed by atoms with Crippen LogP contribution in [0, 0.1) is 0 Å². The van der Waals surface area contributed by atoms with Crippen molar-refractivity contribution in [2.45, 2.75) is 31.8 Å². The lowest BCUT2D eigenvalue weighted by Crippen LogP contribution is -2.34. The Morgan fingerprint density at radius 2 is 1.86 bits per heavy atom. The lowest BCUT2D eigenvalue weighted by Gasteiger charge is -2.21. The fourth-order valence-electron chi connectivity index (χ4n) is 2.94. The van der Waals surface area contributed by atoms with Crippen LogP contribution in [0.25, 0.3) is 11.5 Å². The van der Waals surface area contributed by atoms with Crippen molar-refractivity contribution >= 4 is 40.7 Å². The first-order chi connectivity index (χ1) is 13.5. The topological polar surface area (TPSA) is 59.2 Å². The lowest BCUT2D eigenvalue weighted by molar-refractivity contribution is -0.132. The molecule has 2 aromatic carbocycles. The van der Waals surface area contributed by atoms with Crippen LogP contribution in [0.2, 0.25) is 15.1 Å². The Labute approximate surface area is 177 Å². The SMILES string of the molecule is O=C(Cc1ccc(Cl)cc1Cl)N(Cc1nnc(-c2ccccc2Cl)o1)C1CC1. The van der Waals surface area contributed by atoms with E-state index >= 15 is 0 Å². The van der Waals surface area contributed by atoms with E-state index in [2.05, 4.69) is 10.2 Å². The zero-order valence-corrected chi connectivity index (χ0v) is 17.0. The van der Waals surface area contributed by atoms with Gasteiger partial charge in [0.15, 0.2) is 0 Å². The predicted molar refractivity (Wildman–Crippen MR) is 108 cm³/mol. The molecule has 1 aliphatic rings. The van der Waals surface area contributed by atoms with Gasteiger partial charge in [-0.2, -0.15) is 0 Å². The molecule has 28 heavy (non-hydrogen) atoms. The molecule has 1 saturated carbocycles. The largest absolute Gasteiger partial charge is 0.419 e. The first kappa shape index (κ1) is 19.2. The van der Waals surface area contributed by atoms with Gasteiger partial charge in [0, 0.05) is 16.1 Å². The molecule has 1 fully saturated rings. The van der Waals surface area contributed by atoms with Crippen LogP contribution in [0.4, 0.5) is 0 Å². The highest BCUT2D eigenvalue weighted by Gasteiger charge is 2.34. The maximum absolute atomic E-state index is 12.9. The van der Waals surface area contributed by atoms with Gasteiger partial charge in [0.2, 0.25) is 17.7 Å². The monoisotopic (exact) mass is 435 g/mol. The molecule has 4 rings (SSSR count). The fraction of sp³-hybridized carbons (Fsp3) is 0.250. The molecule has 3 aromatic rings. The number of carbonyl (C=O) groups is 1. The van der Waals surface area contributed by atoms with Gasteiger partial charge < -0.3 is 9.32 Å². The van der Waals surface area contributed by atoms with Gasteiger partial charge in [0.25, 0.3) is 0 Å². The van der Waals surface area contributed by atoms with E-state index in [-0.39, 0.29) is 24.9 Å². The summed E-state index contributed by atoms with van der Waals surface area (Å²) < 4.78 is 5.75. The zero-order chi connectivity index (χ0) is 19.7. The summed E-state index contributed by atoms with van der Waals surface area (Å²) in [5.41, 5.74) is 1.41. The zero-order valence-electron chi connectivity index (χ0n) is 14.7. The van der Waals surface area contributed by atoms with Crippen LogP contribution in [0.1, 0.15) is 24.3 Å². The summed E-state index contributed by atoms with van der Waals surface area (Å²) in [5, 5.41) is 9.72. The highest BCUT2D eigenvalue weighted by Crippen LogP contribution is 2.31. The molecule has 0 spiro atoms. The molecule has 0 N–H and O–H groups in total. The van der Waals surface area contributed by atoms with Crippen LogP contribution >= 0.6 is 34.8 Å². The second-order valence-corrected chi connectivity index (χ2v) is 7.90. The van der Waals surface area contributed by atoms with Crippen molar-refractivity contribution in [3.63, 3.8) is 0 Å². The van der Waals surface area contributed by atoms with Crippen molar-refractivity contribution in [3.8, 4) is 11.5 Å². The molecule has 8 heteroatoms. The first-order valence-corrected chi connectivity index (χ1v) is 9.95. The summed E-state index contributed by atoms with van der Waals surface area (Å²) in [6, 6.07) is 12.6. The third-order valence-electron chi connectivity index (χ3n) is 4.54. The second kappa shape index (κ2) is 8.11. The van der Waals surface area contributed by atoms with Crippen LogP contribution < -0.4 is 0 Å². The number of halogens is 3. The van der Waals surface area contributed by atoms with Crippen molar-refractivity contribution in [2.75, 3.05) is 0 Å². The lowest BCUT2D eigenvalue weighted by atomic mass is 10.1. The van der Waals surface area contributed by atoms with E-state index in [1.165, 1.54) is 0 Å². The summed E-state index contributed by atoms with van der Waals surface area (Å²) >= 11 is 18.3. The number of benzene rings is 2. The molecule has 0 bridgehead atoms. The van der Waals surface area contributed by atoms with Crippen molar-refractivity contribution < 1.29 is 9.21 Å². The van der Waals surface area contributed by atoms with Gasteiger partial charge in [-0.1, -0.05) is 53.0 Å². The van der Waals surface area contributed by atoms with E-state index in [0.29, 0.717) is 32.4 Å². The number of hydrogen-bond donors (Lipinski definition) is 0. The van der Waals surface area contributed by atoms with Gasteiger partial charge in [-0.15, -0.1) is 10.2 Å². The third kappa shape index (κ3) is 4.32. The molecular formula is C20H16Cl3N3O2. The maximum Gasteiger partial charge on any atom is 0.249 e. The van der Waals surface area contributed by atoms with Crippen molar-refractivity contribution in [2.24, 2.45) is 0 Å². The highest BCUT2D eigenvalue weighted by molar-refractivity contribution is 6.35. The van der Waals surface area contributed by atoms with Crippen molar-refractivity contribution in [1.29, 1.82) is 0 Å². The maximum atomic E-state index is 12.9. The van der Waals surface area contributed by atoms with E-state index in [1.807, 2.05) is 18.2 Å². The summed E-state index contributed by atoms with van der Waals surface area (Å²) in [5.74, 6) is 0.672. The van der Waals surface area contributed by atoms with Gasteiger partial charge in [-0.25, -0.2) is 0 Å². The standard InChI is InChI=1S/C20H16Cl3N3O2/c21-13-6-5-12(17(23)10-13)9-19(27)26(14-7-8-14)11-18-24-25-20(28-18)15-3-1-2-4-16(15)22/h1-6,10,14H,7-9,11H2. The molecule has 0 atom stereocenters. The second-order valence-electron chi connectivity index (χ2n) is 6.65. The minimum atomic E-state index is -0.0378. The van der Waals surface area contributed by atoms with E-state index in [4.69, 9.17) is 39.2 Å². The minimum Gasteiger partial charge on any atom is -0.419 e. The highest BCUT2D eigenvalue weighted by atomic mass is 35.5. The van der Waals surface area contributed by atoms with Crippen molar-refractivity contribution in [3.05, 3.63) is 69.0 Å². The molecule has 0 saturated heterocycles. The number of hydrogen-bond acceptors (Lipinski definition) is 4. The van der Waals surface area contributed by atoms with Gasteiger partial charge in [-0.3, -0.25) is 4.79 Å². The van der Waals surface area contributed by atoms with E-state index in [1.54, 1.807) is 29.2 Å². The average molecular weight is 437 g/mol. The molecule has 1 aromatic heterocycles. The number of carbonyl (C=O) groups excluding carboxylic acids is 1. The van der Waals surface area contributed by atoms with E-state index < -0.39 is 0 Å². The van der Waals surface area contributed by atoms with Crippen LogP contribution in [0.5, 0.6) is 0 Å². The Hall–Kier alpha value is -2.08. The molecule has 0 radical (unpaired) electrons. The number of aromatic nitrogens is 2. The normalized spacial score (nSPS) is 13.5. The van der Waals surface area contributed by atoms with Crippen LogP contribution in [0.15, 0.2) is 46.9 Å². The molecule has 5 nitrogen and oxygen atoms in total. The van der Waals surface area contributed by atoms with E-state index in [0.717, 1.165) is 18.4 Å². The Bertz CT molecular complexity index is 1020. The summed E-state index contributed by atoms with van der Waals surface area (Å²) in [6.07, 6.45) is 2.12. The fourth-order valence-corrected chi connectivity index (χ4v) is 3.64. The van der Waals surface area contributed by atoms with Gasteiger partial charge in [0.1, 0.15) is 0 Å². The Kier molecular flexibility index (Phi) is 5.58. The Balaban J connectivity index is 1.50. The first-order valence-electron chi connectivity index (χ1n) is 8.82. The smallest absolute Gasteiger partial charge is 0.249 e. The Morgan fingerprint density at radius 3 is 2.57 bits per heavy atom. The average Bonchev–Trinajstić information content (AvgIpc) is 3.40. The van der Waals surface area contributed by atoms with Crippen LogP contribution in [-0.2, 0) is 17.8 Å². The van der Waals surface area contributed by atoms with Crippen LogP contribution in [-0.4, -0.2) is 27.0 Å². The number of nitrogens with zero attached hydrogens (tertiary/aromatic N) is 3.